The Morgan fingerprint density at radius 1 is 0.267 bits per heavy atom. The topological polar surface area (TPSA) is 36.1 Å². The van der Waals surface area contributed by atoms with Gasteiger partial charge in [0.25, 0.3) is 0 Å². The van der Waals surface area contributed by atoms with Crippen LogP contribution in [0.3, 0.4) is 0 Å². The number of hydrogen-bond acceptors (Lipinski definition) is 3. The van der Waals surface area contributed by atoms with E-state index in [0.29, 0.717) is 0 Å². The van der Waals surface area contributed by atoms with Crippen LogP contribution < -0.4 is 16.0 Å². The lowest BCUT2D eigenvalue weighted by atomic mass is 9.77. The third kappa shape index (κ3) is 6.52. The Bertz CT molecular complexity index is 1370. The molecule has 6 aromatic carbocycles. The molecule has 6 aromatic rings. The highest BCUT2D eigenvalue weighted by molar-refractivity contribution is 5.50. The van der Waals surface area contributed by atoms with Crippen molar-refractivity contribution in [2.75, 3.05) is 26.2 Å². The minimum atomic E-state index is -0.465. The molecule has 0 aliphatic rings. The molecule has 3 heteroatoms. The first-order valence-corrected chi connectivity index (χ1v) is 15.9. The standard InChI is InChI=1S/C42H41N3/c1-7-19-35(20-8-1)41(36-21-9-2-10-22-36,37-23-11-3-12-24-37)44-33-31-43-32-34-45-42(38-25-13-4-14-26-38,39-27-15-5-16-28-39)40-29-17-6-18-30-40/h1-30,43-45H,31-34H2. The summed E-state index contributed by atoms with van der Waals surface area (Å²) in [7, 11) is 0. The maximum absolute atomic E-state index is 3.98. The summed E-state index contributed by atoms with van der Waals surface area (Å²) >= 11 is 0. The summed E-state index contributed by atoms with van der Waals surface area (Å²) in [5, 5.41) is 11.7. The highest BCUT2D eigenvalue weighted by Crippen LogP contribution is 2.37. The molecule has 3 nitrogen and oxygen atoms in total. The smallest absolute Gasteiger partial charge is 0.0948 e. The maximum atomic E-state index is 3.98. The third-order valence-corrected chi connectivity index (χ3v) is 8.62. The molecule has 0 fully saturated rings. The molecular weight excluding hydrogens is 546 g/mol. The molecule has 0 saturated heterocycles. The van der Waals surface area contributed by atoms with E-state index in [4.69, 9.17) is 0 Å². The average molecular weight is 588 g/mol. The molecule has 45 heavy (non-hydrogen) atoms. The molecule has 0 spiro atoms. The van der Waals surface area contributed by atoms with E-state index in [1.807, 2.05) is 0 Å². The predicted molar refractivity (Wildman–Crippen MR) is 187 cm³/mol. The number of benzene rings is 6. The molecule has 0 aliphatic heterocycles. The van der Waals surface area contributed by atoms with E-state index >= 15 is 0 Å². The largest absolute Gasteiger partial charge is 0.314 e. The molecule has 6 rings (SSSR count). The molecule has 0 amide bonds. The summed E-state index contributed by atoms with van der Waals surface area (Å²) in [6, 6.07) is 64.7. The van der Waals surface area contributed by atoms with Gasteiger partial charge in [-0.05, 0) is 33.4 Å². The van der Waals surface area contributed by atoms with Gasteiger partial charge in [-0.2, -0.15) is 0 Å². The molecule has 0 radical (unpaired) electrons. The van der Waals surface area contributed by atoms with E-state index in [9.17, 15) is 0 Å². The highest BCUT2D eigenvalue weighted by atomic mass is 15.0. The minimum absolute atomic E-state index is 0.465. The summed E-state index contributed by atoms with van der Waals surface area (Å²) in [6.45, 7) is 3.23. The van der Waals surface area contributed by atoms with Crippen molar-refractivity contribution < 1.29 is 0 Å². The van der Waals surface area contributed by atoms with Gasteiger partial charge in [-0.3, -0.25) is 10.6 Å². The van der Waals surface area contributed by atoms with Crippen LogP contribution in [-0.4, -0.2) is 26.2 Å². The van der Waals surface area contributed by atoms with Crippen molar-refractivity contribution in [2.24, 2.45) is 0 Å². The van der Waals surface area contributed by atoms with E-state index < -0.39 is 11.1 Å². The van der Waals surface area contributed by atoms with Gasteiger partial charge < -0.3 is 5.32 Å². The van der Waals surface area contributed by atoms with Crippen molar-refractivity contribution in [2.45, 2.75) is 11.1 Å². The van der Waals surface area contributed by atoms with Crippen molar-refractivity contribution >= 4 is 0 Å². The minimum Gasteiger partial charge on any atom is -0.314 e. The van der Waals surface area contributed by atoms with E-state index in [1.54, 1.807) is 0 Å². The summed E-state index contributed by atoms with van der Waals surface area (Å²) in [5.74, 6) is 0. The highest BCUT2D eigenvalue weighted by Gasteiger charge is 2.36. The first-order valence-electron chi connectivity index (χ1n) is 15.9. The molecule has 0 heterocycles. The fourth-order valence-electron chi connectivity index (χ4n) is 6.54. The van der Waals surface area contributed by atoms with E-state index in [0.717, 1.165) is 26.2 Å². The van der Waals surface area contributed by atoms with E-state index in [1.165, 1.54) is 33.4 Å². The molecule has 224 valence electrons. The molecule has 3 N–H and O–H groups in total. The molecule has 0 aromatic heterocycles. The Labute approximate surface area is 268 Å². The van der Waals surface area contributed by atoms with Gasteiger partial charge in [-0.15, -0.1) is 0 Å². The van der Waals surface area contributed by atoms with Gasteiger partial charge in [0.15, 0.2) is 0 Å². The molecule has 0 aliphatic carbocycles. The second kappa shape index (κ2) is 14.8. The van der Waals surface area contributed by atoms with Gasteiger partial charge >= 0.3 is 0 Å². The number of nitrogens with one attached hydrogen (secondary N) is 3. The first kappa shape index (κ1) is 30.2. The second-order valence-electron chi connectivity index (χ2n) is 11.3. The normalized spacial score (nSPS) is 11.7. The number of rotatable bonds is 14. The summed E-state index contributed by atoms with van der Waals surface area (Å²) in [6.07, 6.45) is 0. The molecule has 0 saturated carbocycles. The van der Waals surface area contributed by atoms with Crippen LogP contribution in [0.1, 0.15) is 33.4 Å². The van der Waals surface area contributed by atoms with Crippen LogP contribution in [0.15, 0.2) is 182 Å². The molecule has 0 atom stereocenters. The van der Waals surface area contributed by atoms with Crippen LogP contribution in [0, 0.1) is 0 Å². The summed E-state index contributed by atoms with van der Waals surface area (Å²) < 4.78 is 0. The van der Waals surface area contributed by atoms with Crippen molar-refractivity contribution in [1.82, 2.24) is 16.0 Å². The zero-order chi connectivity index (χ0) is 30.6. The lowest BCUT2D eigenvalue weighted by Crippen LogP contribution is -2.49. The molecule has 0 bridgehead atoms. The van der Waals surface area contributed by atoms with Gasteiger partial charge in [0.05, 0.1) is 11.1 Å². The Kier molecular flexibility index (Phi) is 9.93. The third-order valence-electron chi connectivity index (χ3n) is 8.62. The SMILES string of the molecule is c1ccc(C(NCCNCCNC(c2ccccc2)(c2ccccc2)c2ccccc2)(c2ccccc2)c2ccccc2)cc1. The predicted octanol–water partition coefficient (Wildman–Crippen LogP) is 7.74. The lowest BCUT2D eigenvalue weighted by Gasteiger charge is -2.38. The zero-order valence-electron chi connectivity index (χ0n) is 25.6. The van der Waals surface area contributed by atoms with E-state index in [2.05, 4.69) is 198 Å². The molecular formula is C42H41N3. The van der Waals surface area contributed by atoms with Crippen molar-refractivity contribution in [3.63, 3.8) is 0 Å². The Balaban J connectivity index is 1.19. The van der Waals surface area contributed by atoms with Gasteiger partial charge in [0, 0.05) is 26.2 Å². The maximum Gasteiger partial charge on any atom is 0.0948 e. The van der Waals surface area contributed by atoms with Crippen molar-refractivity contribution in [3.05, 3.63) is 215 Å². The number of hydrogen-bond donors (Lipinski definition) is 3. The van der Waals surface area contributed by atoms with E-state index in [-0.39, 0.29) is 0 Å². The van der Waals surface area contributed by atoms with Crippen LogP contribution in [0.5, 0.6) is 0 Å². The van der Waals surface area contributed by atoms with Crippen molar-refractivity contribution in [3.8, 4) is 0 Å². The fourth-order valence-corrected chi connectivity index (χ4v) is 6.54. The van der Waals surface area contributed by atoms with Crippen LogP contribution in [0.25, 0.3) is 0 Å². The fraction of sp³-hybridized carbons (Fsp3) is 0.143. The monoisotopic (exact) mass is 587 g/mol. The average Bonchev–Trinajstić information content (AvgIpc) is 3.13. The van der Waals surface area contributed by atoms with Crippen LogP contribution >= 0.6 is 0 Å². The van der Waals surface area contributed by atoms with Gasteiger partial charge in [0.1, 0.15) is 0 Å². The summed E-state index contributed by atoms with van der Waals surface area (Å²) in [4.78, 5) is 0. The first-order chi connectivity index (χ1) is 22.3. The van der Waals surface area contributed by atoms with Crippen molar-refractivity contribution in [1.29, 1.82) is 0 Å². The molecule has 0 unspecified atom stereocenters. The lowest BCUT2D eigenvalue weighted by molar-refractivity contribution is 0.443. The van der Waals surface area contributed by atoms with Gasteiger partial charge in [0.2, 0.25) is 0 Å². The van der Waals surface area contributed by atoms with Gasteiger partial charge in [-0.1, -0.05) is 182 Å². The van der Waals surface area contributed by atoms with Gasteiger partial charge in [-0.25, -0.2) is 0 Å². The Morgan fingerprint density at radius 2 is 0.467 bits per heavy atom. The van der Waals surface area contributed by atoms with Crippen LogP contribution in [-0.2, 0) is 11.1 Å². The van der Waals surface area contributed by atoms with Crippen LogP contribution in [0.4, 0.5) is 0 Å². The quantitative estimate of drug-likeness (QED) is 0.0901. The Morgan fingerprint density at radius 3 is 0.667 bits per heavy atom. The zero-order valence-corrected chi connectivity index (χ0v) is 25.6. The Hall–Kier alpha value is -4.80. The van der Waals surface area contributed by atoms with Crippen LogP contribution in [0.2, 0.25) is 0 Å². The second-order valence-corrected chi connectivity index (χ2v) is 11.3. The summed E-state index contributed by atoms with van der Waals surface area (Å²) in [5.41, 5.74) is 6.42.